The van der Waals surface area contributed by atoms with E-state index in [2.05, 4.69) is 10.3 Å². The molecule has 0 aromatic carbocycles. The van der Waals surface area contributed by atoms with Gasteiger partial charge in [0.05, 0.1) is 5.92 Å². The Bertz CT molecular complexity index is 1070. The third-order valence-electron chi connectivity index (χ3n) is 4.60. The molecule has 3 aromatic rings. The summed E-state index contributed by atoms with van der Waals surface area (Å²) in [5, 5.41) is 10.3. The van der Waals surface area contributed by atoms with Crippen LogP contribution in [0, 0.1) is 12.8 Å². The van der Waals surface area contributed by atoms with Gasteiger partial charge in [0.2, 0.25) is 5.91 Å². The van der Waals surface area contributed by atoms with Crippen molar-refractivity contribution in [3.8, 4) is 10.6 Å². The minimum absolute atomic E-state index is 0.136. The van der Waals surface area contributed by atoms with E-state index < -0.39 is 10.0 Å². The maximum atomic E-state index is 12.9. The maximum Gasteiger partial charge on any atom is 0.252 e. The van der Waals surface area contributed by atoms with E-state index in [9.17, 15) is 13.2 Å². The minimum Gasteiger partial charge on any atom is -0.317 e. The number of piperidine rings is 1. The van der Waals surface area contributed by atoms with E-state index in [0.29, 0.717) is 23.6 Å². The second-order valence-electron chi connectivity index (χ2n) is 6.58. The number of carbonyl (C=O) groups excluding carboxylic acids is 1. The minimum atomic E-state index is -3.53. The molecule has 1 aliphatic heterocycles. The van der Waals surface area contributed by atoms with Crippen LogP contribution in [-0.4, -0.2) is 36.7 Å². The number of anilines is 1. The lowest BCUT2D eigenvalue weighted by atomic mass is 9.99. The molecule has 3 aromatic heterocycles. The van der Waals surface area contributed by atoms with Crippen molar-refractivity contribution in [1.82, 2.24) is 9.29 Å². The van der Waals surface area contributed by atoms with E-state index in [4.69, 9.17) is 0 Å². The van der Waals surface area contributed by atoms with Crippen LogP contribution in [0.4, 0.5) is 5.00 Å². The number of nitrogens with zero attached hydrogens (tertiary/aromatic N) is 2. The van der Waals surface area contributed by atoms with Crippen molar-refractivity contribution in [2.45, 2.75) is 24.0 Å². The number of hydrogen-bond acceptors (Lipinski definition) is 7. The van der Waals surface area contributed by atoms with Crippen LogP contribution in [0.15, 0.2) is 38.5 Å². The largest absolute Gasteiger partial charge is 0.317 e. The molecule has 0 bridgehead atoms. The van der Waals surface area contributed by atoms with E-state index in [0.717, 1.165) is 21.3 Å². The predicted molar refractivity (Wildman–Crippen MR) is 115 cm³/mol. The number of amides is 1. The number of aromatic nitrogens is 1. The van der Waals surface area contributed by atoms with E-state index >= 15 is 0 Å². The van der Waals surface area contributed by atoms with E-state index in [1.165, 1.54) is 27.0 Å². The Morgan fingerprint density at radius 2 is 2.11 bits per heavy atom. The Kier molecular flexibility index (Phi) is 5.66. The number of aryl methyl sites for hydroxylation is 1. The molecule has 6 nitrogen and oxygen atoms in total. The third kappa shape index (κ3) is 3.92. The summed E-state index contributed by atoms with van der Waals surface area (Å²) in [5.74, 6) is -0.500. The molecule has 28 heavy (non-hydrogen) atoms. The van der Waals surface area contributed by atoms with Crippen LogP contribution < -0.4 is 5.32 Å². The van der Waals surface area contributed by atoms with Crippen LogP contribution >= 0.6 is 34.0 Å². The van der Waals surface area contributed by atoms with Crippen LogP contribution in [0.3, 0.4) is 0 Å². The molecule has 4 rings (SSSR count). The summed E-state index contributed by atoms with van der Waals surface area (Å²) in [4.78, 5) is 17.4. The van der Waals surface area contributed by atoms with Crippen molar-refractivity contribution in [1.29, 1.82) is 0 Å². The van der Waals surface area contributed by atoms with Gasteiger partial charge in [-0.05, 0) is 42.7 Å². The summed E-state index contributed by atoms with van der Waals surface area (Å²) >= 11 is 4.20. The predicted octanol–water partition coefficient (Wildman–Crippen LogP) is 4.28. The zero-order valence-corrected chi connectivity index (χ0v) is 18.4. The van der Waals surface area contributed by atoms with Gasteiger partial charge in [-0.2, -0.15) is 4.31 Å². The molecule has 1 amide bonds. The summed E-state index contributed by atoms with van der Waals surface area (Å²) in [5.41, 5.74) is 1.86. The van der Waals surface area contributed by atoms with Crippen molar-refractivity contribution < 1.29 is 13.2 Å². The van der Waals surface area contributed by atoms with Crippen molar-refractivity contribution in [3.63, 3.8) is 0 Å². The molecular formula is C18H19N3O3S4. The Hall–Kier alpha value is -1.59. The highest BCUT2D eigenvalue weighted by atomic mass is 32.2. The Labute approximate surface area is 175 Å². The fraction of sp³-hybridized carbons (Fsp3) is 0.333. The molecule has 4 heterocycles. The van der Waals surface area contributed by atoms with Crippen LogP contribution in [0.1, 0.15) is 18.5 Å². The SMILES string of the molecule is Cc1csc(-c2ccsc2NC(=O)C2CCCN(S(=O)(=O)c3cccs3)C2)n1. The van der Waals surface area contributed by atoms with Crippen LogP contribution in [-0.2, 0) is 14.8 Å². The summed E-state index contributed by atoms with van der Waals surface area (Å²) in [6.45, 7) is 2.60. The van der Waals surface area contributed by atoms with Gasteiger partial charge in [0.1, 0.15) is 14.2 Å². The van der Waals surface area contributed by atoms with Crippen molar-refractivity contribution in [2.75, 3.05) is 18.4 Å². The summed E-state index contributed by atoms with van der Waals surface area (Å²) in [6.07, 6.45) is 1.35. The zero-order chi connectivity index (χ0) is 19.7. The quantitative estimate of drug-likeness (QED) is 0.625. The van der Waals surface area contributed by atoms with Gasteiger partial charge in [-0.3, -0.25) is 4.79 Å². The van der Waals surface area contributed by atoms with Gasteiger partial charge in [0, 0.05) is 29.7 Å². The molecule has 10 heteroatoms. The molecule has 1 atom stereocenters. The number of hydrogen-bond donors (Lipinski definition) is 1. The number of thiophene rings is 2. The number of thiazole rings is 1. The molecule has 0 aliphatic carbocycles. The fourth-order valence-corrected chi connectivity index (χ4v) is 7.53. The third-order valence-corrected chi connectivity index (χ3v) is 9.66. The lowest BCUT2D eigenvalue weighted by molar-refractivity contribution is -0.120. The first-order chi connectivity index (χ1) is 13.4. The summed E-state index contributed by atoms with van der Waals surface area (Å²) in [7, 11) is -3.53. The first kappa shape index (κ1) is 19.7. The van der Waals surface area contributed by atoms with Gasteiger partial charge in [0.25, 0.3) is 10.0 Å². The lowest BCUT2D eigenvalue weighted by Crippen LogP contribution is -2.43. The highest BCUT2D eigenvalue weighted by Crippen LogP contribution is 2.36. The highest BCUT2D eigenvalue weighted by Gasteiger charge is 2.34. The normalized spacial score (nSPS) is 18.2. The monoisotopic (exact) mass is 453 g/mol. The average Bonchev–Trinajstić information content (AvgIpc) is 3.43. The maximum absolute atomic E-state index is 12.9. The molecule has 1 saturated heterocycles. The molecule has 1 fully saturated rings. The molecule has 0 saturated carbocycles. The summed E-state index contributed by atoms with van der Waals surface area (Å²) in [6, 6.07) is 5.29. The first-order valence-corrected chi connectivity index (χ1v) is 12.9. The molecule has 1 N–H and O–H groups in total. The molecular weight excluding hydrogens is 434 g/mol. The standard InChI is InChI=1S/C18H19N3O3S4/c1-12-11-27-17(19-12)14-6-9-26-18(14)20-16(22)13-4-2-7-21(10-13)28(23,24)15-5-3-8-25-15/h3,5-6,8-9,11,13H,2,4,7,10H2,1H3,(H,20,22). The Morgan fingerprint density at radius 3 is 2.82 bits per heavy atom. The number of carbonyl (C=O) groups is 1. The number of rotatable bonds is 5. The highest BCUT2D eigenvalue weighted by molar-refractivity contribution is 7.91. The lowest BCUT2D eigenvalue weighted by Gasteiger charge is -2.30. The van der Waals surface area contributed by atoms with E-state index in [-0.39, 0.29) is 18.4 Å². The van der Waals surface area contributed by atoms with Crippen LogP contribution in [0.5, 0.6) is 0 Å². The molecule has 0 radical (unpaired) electrons. The Morgan fingerprint density at radius 1 is 1.25 bits per heavy atom. The van der Waals surface area contributed by atoms with Gasteiger partial charge in [-0.15, -0.1) is 34.0 Å². The van der Waals surface area contributed by atoms with Crippen LogP contribution in [0.2, 0.25) is 0 Å². The van der Waals surface area contributed by atoms with Crippen molar-refractivity contribution in [3.05, 3.63) is 40.0 Å². The first-order valence-electron chi connectivity index (χ1n) is 8.79. The molecule has 1 unspecified atom stereocenters. The van der Waals surface area contributed by atoms with Crippen molar-refractivity contribution >= 4 is 54.9 Å². The van der Waals surface area contributed by atoms with Crippen LogP contribution in [0.25, 0.3) is 10.6 Å². The smallest absolute Gasteiger partial charge is 0.252 e. The number of sulfonamides is 1. The second-order valence-corrected chi connectivity index (χ2v) is 11.5. The van der Waals surface area contributed by atoms with E-state index in [1.807, 2.05) is 23.8 Å². The number of nitrogens with one attached hydrogen (secondary N) is 1. The van der Waals surface area contributed by atoms with Gasteiger partial charge in [-0.25, -0.2) is 13.4 Å². The van der Waals surface area contributed by atoms with Gasteiger partial charge < -0.3 is 5.32 Å². The zero-order valence-electron chi connectivity index (χ0n) is 15.1. The Balaban J connectivity index is 1.48. The van der Waals surface area contributed by atoms with E-state index in [1.54, 1.807) is 28.8 Å². The molecule has 1 aliphatic rings. The van der Waals surface area contributed by atoms with Gasteiger partial charge in [0.15, 0.2) is 0 Å². The molecule has 148 valence electrons. The fourth-order valence-electron chi connectivity index (χ4n) is 3.18. The van der Waals surface area contributed by atoms with Crippen molar-refractivity contribution in [2.24, 2.45) is 5.92 Å². The molecule has 0 spiro atoms. The average molecular weight is 454 g/mol. The summed E-state index contributed by atoms with van der Waals surface area (Å²) < 4.78 is 27.3. The van der Waals surface area contributed by atoms with Gasteiger partial charge >= 0.3 is 0 Å². The topological polar surface area (TPSA) is 79.4 Å². The second kappa shape index (κ2) is 8.03. The van der Waals surface area contributed by atoms with Gasteiger partial charge in [-0.1, -0.05) is 6.07 Å².